The van der Waals surface area contributed by atoms with Crippen LogP contribution in [0.3, 0.4) is 0 Å². The van der Waals surface area contributed by atoms with Gasteiger partial charge in [-0.1, -0.05) is 24.3 Å². The molecular formula is C19H19F4NO. The molecule has 6 heteroatoms. The molecule has 2 aromatic rings. The Balaban J connectivity index is 1.76. The van der Waals surface area contributed by atoms with Crippen molar-refractivity contribution in [3.63, 3.8) is 0 Å². The molecule has 1 N–H and O–H groups in total. The summed E-state index contributed by atoms with van der Waals surface area (Å²) in [6.45, 7) is 1.74. The third-order valence-electron chi connectivity index (χ3n) is 4.58. The largest absolute Gasteiger partial charge is 0.416 e. The Bertz CT molecular complexity index is 689. The molecule has 0 unspecified atom stereocenters. The SMILES string of the molecule is Fc1ccc(C2(OCc3ccc(C(F)(F)F)cc3)CCNCC2)cc1. The highest BCUT2D eigenvalue weighted by Crippen LogP contribution is 2.36. The quantitative estimate of drug-likeness (QED) is 0.809. The smallest absolute Gasteiger partial charge is 0.366 e. The van der Waals surface area contributed by atoms with E-state index in [1.807, 2.05) is 0 Å². The minimum absolute atomic E-state index is 0.204. The third-order valence-corrected chi connectivity index (χ3v) is 4.58. The van der Waals surface area contributed by atoms with Crippen molar-refractivity contribution in [3.05, 3.63) is 71.0 Å². The molecular weight excluding hydrogens is 334 g/mol. The predicted octanol–water partition coefficient (Wildman–Crippen LogP) is 4.64. The van der Waals surface area contributed by atoms with E-state index in [0.717, 1.165) is 43.6 Å². The minimum Gasteiger partial charge on any atom is -0.366 e. The van der Waals surface area contributed by atoms with Crippen LogP contribution >= 0.6 is 0 Å². The average molecular weight is 353 g/mol. The molecule has 2 nitrogen and oxygen atoms in total. The number of hydrogen-bond donors (Lipinski definition) is 1. The first-order valence-electron chi connectivity index (χ1n) is 8.16. The number of halogens is 4. The fourth-order valence-electron chi connectivity index (χ4n) is 3.11. The number of nitrogens with one attached hydrogen (secondary N) is 1. The van der Waals surface area contributed by atoms with Crippen LogP contribution in [0, 0.1) is 5.82 Å². The molecule has 0 saturated carbocycles. The van der Waals surface area contributed by atoms with Crippen LogP contribution < -0.4 is 5.32 Å². The Kier molecular flexibility index (Phi) is 5.11. The zero-order valence-electron chi connectivity index (χ0n) is 13.6. The van der Waals surface area contributed by atoms with Gasteiger partial charge in [0.15, 0.2) is 0 Å². The summed E-state index contributed by atoms with van der Waals surface area (Å²) >= 11 is 0. The highest BCUT2D eigenvalue weighted by molar-refractivity contribution is 5.26. The maximum Gasteiger partial charge on any atom is 0.416 e. The Hall–Kier alpha value is -1.92. The van der Waals surface area contributed by atoms with Gasteiger partial charge in [0.1, 0.15) is 5.82 Å². The van der Waals surface area contributed by atoms with Crippen LogP contribution in [0.25, 0.3) is 0 Å². The van der Waals surface area contributed by atoms with Crippen molar-refractivity contribution in [2.75, 3.05) is 13.1 Å². The second-order valence-electron chi connectivity index (χ2n) is 6.23. The number of rotatable bonds is 4. The predicted molar refractivity (Wildman–Crippen MR) is 86.4 cm³/mol. The van der Waals surface area contributed by atoms with Crippen molar-refractivity contribution < 1.29 is 22.3 Å². The second kappa shape index (κ2) is 7.14. The molecule has 1 heterocycles. The van der Waals surface area contributed by atoms with Gasteiger partial charge in [0.05, 0.1) is 17.8 Å². The van der Waals surface area contributed by atoms with Crippen LogP contribution in [-0.2, 0) is 23.1 Å². The molecule has 1 aliphatic heterocycles. The fourth-order valence-corrected chi connectivity index (χ4v) is 3.11. The summed E-state index contributed by atoms with van der Waals surface area (Å²) in [5.41, 5.74) is 0.337. The van der Waals surface area contributed by atoms with E-state index in [-0.39, 0.29) is 12.4 Å². The van der Waals surface area contributed by atoms with Crippen molar-refractivity contribution in [3.8, 4) is 0 Å². The first kappa shape index (κ1) is 17.9. The van der Waals surface area contributed by atoms with Crippen LogP contribution in [-0.4, -0.2) is 13.1 Å². The summed E-state index contributed by atoms with van der Waals surface area (Å²) in [5.74, 6) is -0.310. The van der Waals surface area contributed by atoms with Crippen LogP contribution in [0.4, 0.5) is 17.6 Å². The lowest BCUT2D eigenvalue weighted by Crippen LogP contribution is -2.41. The minimum atomic E-state index is -4.34. The van der Waals surface area contributed by atoms with Gasteiger partial charge in [-0.3, -0.25) is 0 Å². The van der Waals surface area contributed by atoms with Gasteiger partial charge in [0.25, 0.3) is 0 Å². The molecule has 0 spiro atoms. The molecule has 0 aliphatic carbocycles. The van der Waals surface area contributed by atoms with E-state index < -0.39 is 17.3 Å². The van der Waals surface area contributed by atoms with Crippen molar-refractivity contribution in [1.82, 2.24) is 5.32 Å². The van der Waals surface area contributed by atoms with Gasteiger partial charge in [-0.05, 0) is 61.3 Å². The molecule has 1 saturated heterocycles. The molecule has 0 radical (unpaired) electrons. The van der Waals surface area contributed by atoms with Crippen molar-refractivity contribution >= 4 is 0 Å². The fraction of sp³-hybridized carbons (Fsp3) is 0.368. The Labute approximate surface area is 143 Å². The second-order valence-corrected chi connectivity index (χ2v) is 6.23. The average Bonchev–Trinajstić information content (AvgIpc) is 2.61. The standard InChI is InChI=1S/C19H19F4NO/c20-17-7-5-15(6-8-17)18(9-11-24-12-10-18)25-13-14-1-3-16(4-2-14)19(21,22)23/h1-8,24H,9-13H2. The topological polar surface area (TPSA) is 21.3 Å². The third kappa shape index (κ3) is 4.19. The number of hydrogen-bond acceptors (Lipinski definition) is 2. The lowest BCUT2D eigenvalue weighted by Gasteiger charge is -2.38. The zero-order chi connectivity index (χ0) is 17.9. The number of benzene rings is 2. The van der Waals surface area contributed by atoms with Crippen LogP contribution in [0.2, 0.25) is 0 Å². The van der Waals surface area contributed by atoms with Crippen molar-refractivity contribution in [1.29, 1.82) is 0 Å². The maximum absolute atomic E-state index is 13.2. The first-order valence-corrected chi connectivity index (χ1v) is 8.16. The molecule has 0 bridgehead atoms. The van der Waals surface area contributed by atoms with Crippen molar-refractivity contribution in [2.24, 2.45) is 0 Å². The van der Waals surface area contributed by atoms with Gasteiger partial charge in [0, 0.05) is 0 Å². The van der Waals surface area contributed by atoms with E-state index in [1.165, 1.54) is 24.3 Å². The lowest BCUT2D eigenvalue weighted by molar-refractivity contribution is -0.137. The molecule has 0 amide bonds. The van der Waals surface area contributed by atoms with E-state index in [0.29, 0.717) is 5.56 Å². The number of alkyl halides is 3. The summed E-state index contributed by atoms with van der Waals surface area (Å²) < 4.78 is 57.3. The van der Waals surface area contributed by atoms with Crippen LogP contribution in [0.1, 0.15) is 29.5 Å². The Morgan fingerprint density at radius 2 is 1.52 bits per heavy atom. The van der Waals surface area contributed by atoms with Gasteiger partial charge in [0.2, 0.25) is 0 Å². The normalized spacial score (nSPS) is 17.4. The molecule has 134 valence electrons. The summed E-state index contributed by atoms with van der Waals surface area (Å²) in [4.78, 5) is 0. The summed E-state index contributed by atoms with van der Waals surface area (Å²) in [7, 11) is 0. The number of piperidine rings is 1. The monoisotopic (exact) mass is 353 g/mol. The summed E-state index contributed by atoms with van der Waals surface area (Å²) in [6, 6.07) is 11.2. The van der Waals surface area contributed by atoms with E-state index in [9.17, 15) is 17.6 Å². The molecule has 1 fully saturated rings. The molecule has 0 aromatic heterocycles. The van der Waals surface area contributed by atoms with E-state index in [1.54, 1.807) is 12.1 Å². The van der Waals surface area contributed by atoms with Gasteiger partial charge in [-0.2, -0.15) is 13.2 Å². The summed E-state index contributed by atoms with van der Waals surface area (Å²) in [5, 5.41) is 3.26. The van der Waals surface area contributed by atoms with Gasteiger partial charge in [-0.25, -0.2) is 4.39 Å². The van der Waals surface area contributed by atoms with Gasteiger partial charge < -0.3 is 10.1 Å². The highest BCUT2D eigenvalue weighted by atomic mass is 19.4. The van der Waals surface area contributed by atoms with Crippen LogP contribution in [0.15, 0.2) is 48.5 Å². The van der Waals surface area contributed by atoms with E-state index in [2.05, 4.69) is 5.32 Å². The highest BCUT2D eigenvalue weighted by Gasteiger charge is 2.35. The van der Waals surface area contributed by atoms with Gasteiger partial charge >= 0.3 is 6.18 Å². The Morgan fingerprint density at radius 3 is 2.08 bits per heavy atom. The first-order chi connectivity index (χ1) is 11.9. The van der Waals surface area contributed by atoms with Gasteiger partial charge in [-0.15, -0.1) is 0 Å². The maximum atomic E-state index is 13.2. The molecule has 1 aliphatic rings. The molecule has 3 rings (SSSR count). The molecule has 2 aromatic carbocycles. The lowest BCUT2D eigenvalue weighted by atomic mass is 9.84. The zero-order valence-corrected chi connectivity index (χ0v) is 13.6. The van der Waals surface area contributed by atoms with Crippen molar-refractivity contribution in [2.45, 2.75) is 31.2 Å². The van der Waals surface area contributed by atoms with E-state index >= 15 is 0 Å². The van der Waals surface area contributed by atoms with E-state index in [4.69, 9.17) is 4.74 Å². The summed E-state index contributed by atoms with van der Waals surface area (Å²) in [6.07, 6.45) is -2.90. The van der Waals surface area contributed by atoms with Crippen LogP contribution in [0.5, 0.6) is 0 Å². The Morgan fingerprint density at radius 1 is 0.920 bits per heavy atom. The molecule has 0 atom stereocenters. The molecule has 25 heavy (non-hydrogen) atoms. The number of ether oxygens (including phenoxy) is 1.